The molecule has 8 atom stereocenters. The van der Waals surface area contributed by atoms with E-state index < -0.39 is 5.41 Å². The van der Waals surface area contributed by atoms with E-state index in [4.69, 9.17) is 4.74 Å². The van der Waals surface area contributed by atoms with Crippen LogP contribution in [0.2, 0.25) is 0 Å². The van der Waals surface area contributed by atoms with Crippen LogP contribution in [0.25, 0.3) is 0 Å². The van der Waals surface area contributed by atoms with Gasteiger partial charge in [-0.1, -0.05) is 51.5 Å². The van der Waals surface area contributed by atoms with E-state index in [0.29, 0.717) is 35.5 Å². The van der Waals surface area contributed by atoms with Crippen LogP contribution in [0, 0.1) is 46.3 Å². The van der Waals surface area contributed by atoms with Crippen molar-refractivity contribution >= 4 is 5.97 Å². The Morgan fingerprint density at radius 1 is 1.19 bits per heavy atom. The first-order chi connectivity index (χ1) is 15.1. The molecule has 4 aliphatic rings. The number of hydrogen-bond donors (Lipinski definition) is 1. The summed E-state index contributed by atoms with van der Waals surface area (Å²) in [5.41, 5.74) is 2.49. The molecule has 0 aromatic carbocycles. The number of ether oxygens (including phenoxy) is 1. The zero-order chi connectivity index (χ0) is 23.3. The monoisotopic (exact) mass is 442 g/mol. The van der Waals surface area contributed by atoms with Crippen LogP contribution in [0.4, 0.5) is 0 Å². The van der Waals surface area contributed by atoms with Gasteiger partial charge >= 0.3 is 5.97 Å². The second kappa shape index (κ2) is 8.93. The summed E-state index contributed by atoms with van der Waals surface area (Å²) < 4.78 is 5.43. The SMILES string of the molecule is C=C(CCC(C)C1CCC2C3CC=C4CC(O)CCC4(C(=O)OC)C3CCC12C)C(C)C. The van der Waals surface area contributed by atoms with Crippen molar-refractivity contribution in [3.63, 3.8) is 0 Å². The molecule has 32 heavy (non-hydrogen) atoms. The highest BCUT2D eigenvalue weighted by Gasteiger charge is 2.62. The highest BCUT2D eigenvalue weighted by atomic mass is 16.5. The van der Waals surface area contributed by atoms with Crippen LogP contribution in [0.5, 0.6) is 0 Å². The Bertz CT molecular complexity index is 766. The maximum absolute atomic E-state index is 13.3. The third-order valence-electron chi connectivity index (χ3n) is 10.7. The number of carbonyl (C=O) groups excluding carboxylic acids is 1. The molecule has 0 radical (unpaired) electrons. The lowest BCUT2D eigenvalue weighted by atomic mass is 9.46. The molecule has 0 amide bonds. The maximum atomic E-state index is 13.3. The van der Waals surface area contributed by atoms with E-state index in [1.807, 2.05) is 0 Å². The zero-order valence-electron chi connectivity index (χ0n) is 21.2. The number of fused-ring (bicyclic) bond motifs is 5. The van der Waals surface area contributed by atoms with E-state index in [2.05, 4.69) is 40.3 Å². The average molecular weight is 443 g/mol. The first kappa shape index (κ1) is 24.0. The number of allylic oxidation sites excluding steroid dienone is 2. The van der Waals surface area contributed by atoms with Gasteiger partial charge in [-0.2, -0.15) is 0 Å². The zero-order valence-corrected chi connectivity index (χ0v) is 21.2. The Balaban J connectivity index is 1.56. The van der Waals surface area contributed by atoms with E-state index >= 15 is 0 Å². The molecule has 0 spiro atoms. The van der Waals surface area contributed by atoms with Crippen molar-refractivity contribution in [2.45, 2.75) is 98.0 Å². The fourth-order valence-electron chi connectivity index (χ4n) is 8.73. The minimum Gasteiger partial charge on any atom is -0.468 e. The van der Waals surface area contributed by atoms with Gasteiger partial charge in [0.15, 0.2) is 0 Å². The molecule has 4 rings (SSSR count). The van der Waals surface area contributed by atoms with Gasteiger partial charge in [-0.25, -0.2) is 0 Å². The van der Waals surface area contributed by atoms with Crippen LogP contribution in [0.3, 0.4) is 0 Å². The van der Waals surface area contributed by atoms with E-state index in [0.717, 1.165) is 43.9 Å². The van der Waals surface area contributed by atoms with Crippen LogP contribution in [0.1, 0.15) is 91.9 Å². The van der Waals surface area contributed by atoms with Crippen LogP contribution in [-0.2, 0) is 9.53 Å². The second-order valence-corrected chi connectivity index (χ2v) is 12.3. The summed E-state index contributed by atoms with van der Waals surface area (Å²) in [6.07, 6.45) is 12.7. The molecule has 0 aliphatic heterocycles. The summed E-state index contributed by atoms with van der Waals surface area (Å²) >= 11 is 0. The predicted molar refractivity (Wildman–Crippen MR) is 130 cm³/mol. The lowest BCUT2D eigenvalue weighted by molar-refractivity contribution is -0.163. The summed E-state index contributed by atoms with van der Waals surface area (Å²) in [5, 5.41) is 10.3. The van der Waals surface area contributed by atoms with Crippen LogP contribution >= 0.6 is 0 Å². The topological polar surface area (TPSA) is 46.5 Å². The molecule has 0 heterocycles. The van der Waals surface area contributed by atoms with Gasteiger partial charge in [0.2, 0.25) is 0 Å². The molecule has 0 aromatic heterocycles. The number of methoxy groups -OCH3 is 1. The van der Waals surface area contributed by atoms with Crippen molar-refractivity contribution in [1.29, 1.82) is 0 Å². The minimum absolute atomic E-state index is 0.0379. The van der Waals surface area contributed by atoms with Crippen molar-refractivity contribution < 1.29 is 14.6 Å². The number of aliphatic hydroxyl groups is 1. The van der Waals surface area contributed by atoms with Crippen molar-refractivity contribution in [2.75, 3.05) is 7.11 Å². The van der Waals surface area contributed by atoms with Gasteiger partial charge in [0.05, 0.1) is 18.6 Å². The number of rotatable bonds is 6. The van der Waals surface area contributed by atoms with Gasteiger partial charge < -0.3 is 9.84 Å². The first-order valence-corrected chi connectivity index (χ1v) is 13.3. The molecule has 1 N–H and O–H groups in total. The Hall–Kier alpha value is -1.09. The Morgan fingerprint density at radius 3 is 2.62 bits per heavy atom. The Kier molecular flexibility index (Phi) is 6.71. The predicted octanol–water partition coefficient (Wildman–Crippen LogP) is 6.71. The highest BCUT2D eigenvalue weighted by molar-refractivity contribution is 5.82. The largest absolute Gasteiger partial charge is 0.468 e. The van der Waals surface area contributed by atoms with Gasteiger partial charge in [-0.15, -0.1) is 0 Å². The summed E-state index contributed by atoms with van der Waals surface area (Å²) in [6, 6.07) is 0. The summed E-state index contributed by atoms with van der Waals surface area (Å²) in [7, 11) is 1.55. The summed E-state index contributed by atoms with van der Waals surface area (Å²) in [4.78, 5) is 13.3. The van der Waals surface area contributed by atoms with E-state index in [1.165, 1.54) is 36.8 Å². The van der Waals surface area contributed by atoms with Crippen LogP contribution in [0.15, 0.2) is 23.8 Å². The number of esters is 1. The van der Waals surface area contributed by atoms with E-state index in [1.54, 1.807) is 7.11 Å². The molecule has 3 heteroatoms. The van der Waals surface area contributed by atoms with E-state index in [-0.39, 0.29) is 12.1 Å². The number of carbonyl (C=O) groups is 1. The third-order valence-corrected chi connectivity index (χ3v) is 10.7. The van der Waals surface area contributed by atoms with Crippen molar-refractivity contribution in [3.05, 3.63) is 23.8 Å². The molecule has 4 aliphatic carbocycles. The first-order valence-electron chi connectivity index (χ1n) is 13.3. The van der Waals surface area contributed by atoms with E-state index in [9.17, 15) is 9.90 Å². The van der Waals surface area contributed by atoms with Crippen molar-refractivity contribution in [1.82, 2.24) is 0 Å². The normalized spacial score (nSPS) is 41.8. The molecule has 0 saturated heterocycles. The molecule has 3 saturated carbocycles. The van der Waals surface area contributed by atoms with Gasteiger partial charge in [-0.3, -0.25) is 4.79 Å². The number of hydrogen-bond acceptors (Lipinski definition) is 3. The van der Waals surface area contributed by atoms with Crippen molar-refractivity contribution in [3.8, 4) is 0 Å². The average Bonchev–Trinajstić information content (AvgIpc) is 3.13. The molecule has 8 unspecified atom stereocenters. The highest BCUT2D eigenvalue weighted by Crippen LogP contribution is 2.67. The molecule has 0 bridgehead atoms. The Morgan fingerprint density at radius 2 is 1.94 bits per heavy atom. The smallest absolute Gasteiger partial charge is 0.316 e. The van der Waals surface area contributed by atoms with Gasteiger partial charge in [0.25, 0.3) is 0 Å². The van der Waals surface area contributed by atoms with Crippen molar-refractivity contribution in [2.24, 2.45) is 46.3 Å². The molecule has 180 valence electrons. The van der Waals surface area contributed by atoms with Gasteiger partial charge in [0.1, 0.15) is 0 Å². The Labute approximate surface area is 196 Å². The number of aliphatic hydroxyl groups excluding tert-OH is 1. The second-order valence-electron chi connectivity index (χ2n) is 12.3. The summed E-state index contributed by atoms with van der Waals surface area (Å²) in [5.74, 6) is 3.71. The quantitative estimate of drug-likeness (QED) is 0.367. The molecular weight excluding hydrogens is 396 g/mol. The standard InChI is InChI=1S/C29H46O3/c1-18(2)19(3)7-8-20(4)24-11-12-25-23-10-9-21-17-22(30)13-16-29(21,27(31)32-6)26(23)14-15-28(24,25)5/h9,18,20,22-26,30H,3,7-8,10-17H2,1-2,4-6H3. The van der Waals surface area contributed by atoms with Gasteiger partial charge in [0, 0.05) is 0 Å². The molecule has 0 aromatic rings. The molecule has 3 fully saturated rings. The molecular formula is C29H46O3. The summed E-state index contributed by atoms with van der Waals surface area (Å²) in [6.45, 7) is 13.9. The van der Waals surface area contributed by atoms with Crippen LogP contribution < -0.4 is 0 Å². The maximum Gasteiger partial charge on any atom is 0.316 e. The molecule has 3 nitrogen and oxygen atoms in total. The van der Waals surface area contributed by atoms with Crippen LogP contribution in [-0.4, -0.2) is 24.3 Å². The lowest BCUT2D eigenvalue weighted by Crippen LogP contribution is -2.55. The fraction of sp³-hybridized carbons (Fsp3) is 0.828. The van der Waals surface area contributed by atoms with Gasteiger partial charge in [-0.05, 0) is 105 Å². The minimum atomic E-state index is -0.475. The fourth-order valence-corrected chi connectivity index (χ4v) is 8.73. The lowest BCUT2D eigenvalue weighted by Gasteiger charge is -2.58. The third kappa shape index (κ3) is 3.71.